The van der Waals surface area contributed by atoms with Crippen LogP contribution in [-0.4, -0.2) is 53.9 Å². The molecule has 1 saturated heterocycles. The predicted molar refractivity (Wildman–Crippen MR) is 125 cm³/mol. The van der Waals surface area contributed by atoms with E-state index in [1.807, 2.05) is 4.90 Å². The molecular weight excluding hydrogens is 442 g/mol. The third-order valence-corrected chi connectivity index (χ3v) is 6.06. The van der Waals surface area contributed by atoms with Gasteiger partial charge in [0.15, 0.2) is 6.61 Å². The number of ether oxygens (including phenoxy) is 2. The van der Waals surface area contributed by atoms with Gasteiger partial charge in [0, 0.05) is 24.8 Å². The monoisotopic (exact) mass is 471 g/mol. The van der Waals surface area contributed by atoms with E-state index in [-0.39, 0.29) is 29.1 Å². The standard InChI is InChI=1S/C24H29N3O7/c1-5-33-24(30)21-15(3)22(25-16(21)4)20(28)13-34-23(29)17-6-7-18(19(12-17)27(31)32)26-10-8-14(2)9-11-26/h6-7,12,14,25H,5,8-11,13H2,1-4H3. The maximum Gasteiger partial charge on any atom is 0.340 e. The van der Waals surface area contributed by atoms with Gasteiger partial charge in [-0.15, -0.1) is 0 Å². The smallest absolute Gasteiger partial charge is 0.340 e. The summed E-state index contributed by atoms with van der Waals surface area (Å²) in [5.41, 5.74) is 1.58. The Hall–Kier alpha value is -3.69. The molecule has 0 saturated carbocycles. The van der Waals surface area contributed by atoms with E-state index in [1.165, 1.54) is 12.1 Å². The Morgan fingerprint density at radius 1 is 1.15 bits per heavy atom. The van der Waals surface area contributed by atoms with Crippen LogP contribution in [0.5, 0.6) is 0 Å². The zero-order valence-corrected chi connectivity index (χ0v) is 19.8. The second-order valence-corrected chi connectivity index (χ2v) is 8.47. The first-order valence-electron chi connectivity index (χ1n) is 11.2. The number of nitro groups is 1. The van der Waals surface area contributed by atoms with Gasteiger partial charge in [-0.05, 0) is 57.2 Å². The molecule has 3 rings (SSSR count). The molecule has 1 fully saturated rings. The number of H-pyrrole nitrogens is 1. The van der Waals surface area contributed by atoms with Crippen LogP contribution in [0.15, 0.2) is 18.2 Å². The number of aryl methyl sites for hydroxylation is 1. The summed E-state index contributed by atoms with van der Waals surface area (Å²) in [4.78, 5) is 53.2. The number of benzene rings is 1. The van der Waals surface area contributed by atoms with Crippen LogP contribution in [0.2, 0.25) is 0 Å². The van der Waals surface area contributed by atoms with Crippen LogP contribution < -0.4 is 4.90 Å². The molecule has 0 spiro atoms. The quantitative estimate of drug-likeness (QED) is 0.264. The minimum absolute atomic E-state index is 0.0137. The minimum atomic E-state index is -0.846. The van der Waals surface area contributed by atoms with E-state index < -0.39 is 29.3 Å². The SMILES string of the molecule is CCOC(=O)c1c(C)[nH]c(C(=O)COC(=O)c2ccc(N3CCC(C)CC3)c([N+](=O)[O-])c2)c1C. The van der Waals surface area contributed by atoms with E-state index in [9.17, 15) is 24.5 Å². The molecule has 34 heavy (non-hydrogen) atoms. The van der Waals surface area contributed by atoms with Crippen molar-refractivity contribution >= 4 is 29.1 Å². The molecule has 1 aromatic carbocycles. The highest BCUT2D eigenvalue weighted by molar-refractivity contribution is 6.03. The number of esters is 2. The number of Topliss-reactive ketones (excluding diaryl/α,β-unsaturated/α-hetero) is 1. The number of rotatable bonds is 8. The van der Waals surface area contributed by atoms with Gasteiger partial charge in [0.1, 0.15) is 5.69 Å². The lowest BCUT2D eigenvalue weighted by Gasteiger charge is -2.31. The lowest BCUT2D eigenvalue weighted by molar-refractivity contribution is -0.384. The molecule has 0 aliphatic carbocycles. The van der Waals surface area contributed by atoms with E-state index in [4.69, 9.17) is 9.47 Å². The summed E-state index contributed by atoms with van der Waals surface area (Å²) in [6.07, 6.45) is 1.89. The molecular formula is C24H29N3O7. The molecule has 10 heteroatoms. The van der Waals surface area contributed by atoms with Gasteiger partial charge in [0.2, 0.25) is 5.78 Å². The normalized spacial score (nSPS) is 14.1. The van der Waals surface area contributed by atoms with E-state index in [1.54, 1.807) is 26.8 Å². The molecule has 1 aromatic heterocycles. The summed E-state index contributed by atoms with van der Waals surface area (Å²) < 4.78 is 10.1. The van der Waals surface area contributed by atoms with Crippen LogP contribution in [0.3, 0.4) is 0 Å². The fourth-order valence-corrected chi connectivity index (χ4v) is 4.14. The average Bonchev–Trinajstić information content (AvgIpc) is 3.11. The number of anilines is 1. The van der Waals surface area contributed by atoms with Crippen molar-refractivity contribution in [3.8, 4) is 0 Å². The number of carbonyl (C=O) groups is 3. The lowest BCUT2D eigenvalue weighted by atomic mass is 9.98. The fourth-order valence-electron chi connectivity index (χ4n) is 4.14. The number of aromatic nitrogens is 1. The van der Waals surface area contributed by atoms with Crippen LogP contribution >= 0.6 is 0 Å². The van der Waals surface area contributed by atoms with Gasteiger partial charge in [0.25, 0.3) is 5.69 Å². The summed E-state index contributed by atoms with van der Waals surface area (Å²) in [6.45, 7) is 8.13. The molecule has 0 bridgehead atoms. The summed E-state index contributed by atoms with van der Waals surface area (Å²) >= 11 is 0. The Morgan fingerprint density at radius 2 is 1.82 bits per heavy atom. The summed E-state index contributed by atoms with van der Waals surface area (Å²) in [5.74, 6) is -1.34. The van der Waals surface area contributed by atoms with E-state index in [0.29, 0.717) is 36.0 Å². The number of nitro benzene ring substituents is 1. The summed E-state index contributed by atoms with van der Waals surface area (Å²) in [5, 5.41) is 11.7. The highest BCUT2D eigenvalue weighted by atomic mass is 16.6. The maximum absolute atomic E-state index is 12.6. The van der Waals surface area contributed by atoms with Gasteiger partial charge in [-0.25, -0.2) is 9.59 Å². The first kappa shape index (κ1) is 24.9. The second-order valence-electron chi connectivity index (χ2n) is 8.47. The maximum atomic E-state index is 12.6. The van der Waals surface area contributed by atoms with Crippen LogP contribution in [0.1, 0.15) is 69.2 Å². The number of ketones is 1. The lowest BCUT2D eigenvalue weighted by Crippen LogP contribution is -2.33. The highest BCUT2D eigenvalue weighted by Gasteiger charge is 2.26. The predicted octanol–water partition coefficient (Wildman–Crippen LogP) is 3.99. The number of carbonyl (C=O) groups excluding carboxylic acids is 3. The number of hydrogen-bond acceptors (Lipinski definition) is 8. The van der Waals surface area contributed by atoms with Crippen LogP contribution in [0.25, 0.3) is 0 Å². The molecule has 1 aliphatic rings. The first-order valence-corrected chi connectivity index (χ1v) is 11.2. The molecule has 10 nitrogen and oxygen atoms in total. The van der Waals surface area contributed by atoms with Crippen molar-refractivity contribution in [2.24, 2.45) is 5.92 Å². The number of nitrogens with zero attached hydrogens (tertiary/aromatic N) is 2. The number of nitrogens with one attached hydrogen (secondary N) is 1. The molecule has 0 unspecified atom stereocenters. The Balaban J connectivity index is 1.72. The second kappa shape index (κ2) is 10.5. The molecule has 182 valence electrons. The Bertz CT molecular complexity index is 1110. The zero-order chi connectivity index (χ0) is 25.0. The van der Waals surface area contributed by atoms with Gasteiger partial charge in [-0.1, -0.05) is 6.92 Å². The molecule has 1 N–H and O–H groups in total. The van der Waals surface area contributed by atoms with Gasteiger partial charge < -0.3 is 19.4 Å². The third kappa shape index (κ3) is 5.27. The molecule has 2 heterocycles. The van der Waals surface area contributed by atoms with Gasteiger partial charge in [-0.3, -0.25) is 14.9 Å². The van der Waals surface area contributed by atoms with Crippen molar-refractivity contribution in [1.82, 2.24) is 4.98 Å². The van der Waals surface area contributed by atoms with Crippen LogP contribution in [-0.2, 0) is 9.47 Å². The molecule has 1 aliphatic heterocycles. The molecule has 0 atom stereocenters. The van der Waals surface area contributed by atoms with Gasteiger partial charge >= 0.3 is 11.9 Å². The van der Waals surface area contributed by atoms with Gasteiger partial charge in [0.05, 0.1) is 28.4 Å². The van der Waals surface area contributed by atoms with Crippen molar-refractivity contribution < 1.29 is 28.8 Å². The minimum Gasteiger partial charge on any atom is -0.462 e. The molecule has 2 aromatic rings. The third-order valence-electron chi connectivity index (χ3n) is 6.06. The van der Waals surface area contributed by atoms with Crippen molar-refractivity contribution in [2.45, 2.75) is 40.5 Å². The summed E-state index contributed by atoms with van der Waals surface area (Å²) in [6, 6.07) is 4.20. The topological polar surface area (TPSA) is 132 Å². The average molecular weight is 472 g/mol. The Kier molecular flexibility index (Phi) is 7.70. The fraction of sp³-hybridized carbons (Fsp3) is 0.458. The van der Waals surface area contributed by atoms with E-state index in [2.05, 4.69) is 11.9 Å². The van der Waals surface area contributed by atoms with Crippen molar-refractivity contribution in [3.63, 3.8) is 0 Å². The van der Waals surface area contributed by atoms with Crippen molar-refractivity contribution in [3.05, 3.63) is 56.4 Å². The zero-order valence-electron chi connectivity index (χ0n) is 19.8. The Morgan fingerprint density at radius 3 is 2.44 bits per heavy atom. The van der Waals surface area contributed by atoms with Crippen molar-refractivity contribution in [1.29, 1.82) is 0 Å². The number of aromatic amines is 1. The highest BCUT2D eigenvalue weighted by Crippen LogP contribution is 2.32. The Labute approximate surface area is 197 Å². The van der Waals surface area contributed by atoms with E-state index in [0.717, 1.165) is 12.8 Å². The number of hydrogen-bond donors (Lipinski definition) is 1. The number of piperidine rings is 1. The molecule has 0 amide bonds. The van der Waals surface area contributed by atoms with Crippen molar-refractivity contribution in [2.75, 3.05) is 31.2 Å². The van der Waals surface area contributed by atoms with E-state index >= 15 is 0 Å². The van der Waals surface area contributed by atoms with Gasteiger partial charge in [-0.2, -0.15) is 0 Å². The van der Waals surface area contributed by atoms with Crippen LogP contribution in [0.4, 0.5) is 11.4 Å². The first-order chi connectivity index (χ1) is 16.1. The summed E-state index contributed by atoms with van der Waals surface area (Å²) in [7, 11) is 0. The van der Waals surface area contributed by atoms with Crippen LogP contribution in [0, 0.1) is 29.9 Å². The largest absolute Gasteiger partial charge is 0.462 e. The molecule has 0 radical (unpaired) electrons.